The van der Waals surface area contributed by atoms with E-state index in [0.29, 0.717) is 13.0 Å². The van der Waals surface area contributed by atoms with E-state index in [1.807, 2.05) is 13.0 Å². The zero-order chi connectivity index (χ0) is 20.1. The van der Waals surface area contributed by atoms with Crippen molar-refractivity contribution in [3.05, 3.63) is 59.2 Å². The summed E-state index contributed by atoms with van der Waals surface area (Å²) in [5, 5.41) is 3.07. The molecule has 0 saturated heterocycles. The molecule has 4 rings (SSSR count). The van der Waals surface area contributed by atoms with Crippen LogP contribution in [0.4, 0.5) is 5.69 Å². The van der Waals surface area contributed by atoms with E-state index in [4.69, 9.17) is 4.74 Å². The summed E-state index contributed by atoms with van der Waals surface area (Å²) in [5.41, 5.74) is 5.60. The lowest BCUT2D eigenvalue weighted by atomic mass is 9.92. The molecule has 2 aliphatic rings. The van der Waals surface area contributed by atoms with E-state index in [1.54, 1.807) is 0 Å². The monoisotopic (exact) mass is 392 g/mol. The molecule has 0 bridgehead atoms. The number of fused-ring (bicyclic) bond motifs is 2. The molecule has 1 N–H and O–H groups in total. The van der Waals surface area contributed by atoms with Crippen LogP contribution in [0.2, 0.25) is 0 Å². The lowest BCUT2D eigenvalue weighted by molar-refractivity contribution is -0.128. The van der Waals surface area contributed by atoms with Crippen molar-refractivity contribution < 1.29 is 9.53 Å². The van der Waals surface area contributed by atoms with Gasteiger partial charge < -0.3 is 15.0 Å². The van der Waals surface area contributed by atoms with Crippen LogP contribution in [0, 0.1) is 0 Å². The third-order valence-corrected chi connectivity index (χ3v) is 6.15. The van der Waals surface area contributed by atoms with E-state index in [0.717, 1.165) is 44.5 Å². The van der Waals surface area contributed by atoms with Crippen LogP contribution in [0.1, 0.15) is 49.3 Å². The Morgan fingerprint density at radius 3 is 2.76 bits per heavy atom. The fraction of sp³-hybridized carbons (Fsp3) is 0.480. The van der Waals surface area contributed by atoms with Gasteiger partial charge in [-0.05, 0) is 79.8 Å². The zero-order valence-corrected chi connectivity index (χ0v) is 17.5. The predicted octanol–water partition coefficient (Wildman–Crippen LogP) is 4.29. The Morgan fingerprint density at radius 2 is 1.90 bits per heavy atom. The maximum Gasteiger partial charge on any atom is 0.261 e. The molecule has 1 amide bonds. The van der Waals surface area contributed by atoms with Gasteiger partial charge >= 0.3 is 0 Å². The molecule has 1 unspecified atom stereocenters. The van der Waals surface area contributed by atoms with Crippen LogP contribution in [-0.2, 0) is 24.1 Å². The number of para-hydroxylation sites is 1. The SMILES string of the molecule is CCC(Oc1ccc2c(c1)CCCC2)C(=O)NCCCN1CCc2ccccc21. The Kier molecular flexibility index (Phi) is 6.38. The van der Waals surface area contributed by atoms with Crippen molar-refractivity contribution in [1.29, 1.82) is 0 Å². The number of rotatable bonds is 8. The summed E-state index contributed by atoms with van der Waals surface area (Å²) < 4.78 is 6.05. The molecular formula is C25H32N2O2. The average molecular weight is 393 g/mol. The third kappa shape index (κ3) is 4.75. The molecule has 154 valence electrons. The number of nitrogens with zero attached hydrogens (tertiary/aromatic N) is 1. The number of amides is 1. The maximum atomic E-state index is 12.6. The lowest BCUT2D eigenvalue weighted by Crippen LogP contribution is -2.39. The number of carbonyl (C=O) groups excluding carboxylic acids is 1. The predicted molar refractivity (Wildman–Crippen MR) is 118 cm³/mol. The molecule has 1 aliphatic heterocycles. The highest BCUT2D eigenvalue weighted by molar-refractivity contribution is 5.81. The Hall–Kier alpha value is -2.49. The number of anilines is 1. The Bertz CT molecular complexity index is 848. The highest BCUT2D eigenvalue weighted by atomic mass is 16.5. The standard InChI is InChI=1S/C25H32N2O2/c1-2-24(29-22-13-12-19-8-3-4-10-21(19)18-22)25(28)26-15-7-16-27-17-14-20-9-5-6-11-23(20)27/h5-6,9,11-13,18,24H,2-4,7-8,10,14-17H2,1H3,(H,26,28). The topological polar surface area (TPSA) is 41.6 Å². The van der Waals surface area contributed by atoms with Gasteiger partial charge in [-0.2, -0.15) is 0 Å². The maximum absolute atomic E-state index is 12.6. The van der Waals surface area contributed by atoms with E-state index in [2.05, 4.69) is 46.6 Å². The lowest BCUT2D eigenvalue weighted by Gasteiger charge is -2.21. The van der Waals surface area contributed by atoms with Crippen molar-refractivity contribution in [3.8, 4) is 5.75 Å². The molecule has 2 aromatic carbocycles. The van der Waals surface area contributed by atoms with E-state index in [9.17, 15) is 4.79 Å². The molecule has 4 heteroatoms. The molecule has 0 aromatic heterocycles. The molecule has 2 aromatic rings. The number of ether oxygens (including phenoxy) is 1. The van der Waals surface area contributed by atoms with Gasteiger partial charge in [0.15, 0.2) is 6.10 Å². The normalized spacial score (nSPS) is 16.1. The summed E-state index contributed by atoms with van der Waals surface area (Å²) in [5.74, 6) is 0.813. The first-order valence-corrected chi connectivity index (χ1v) is 11.1. The van der Waals surface area contributed by atoms with Gasteiger partial charge in [0, 0.05) is 25.3 Å². The van der Waals surface area contributed by atoms with E-state index in [-0.39, 0.29) is 5.91 Å². The second-order valence-corrected chi connectivity index (χ2v) is 8.16. The molecule has 0 radical (unpaired) electrons. The molecule has 0 saturated carbocycles. The summed E-state index contributed by atoms with van der Waals surface area (Å²) >= 11 is 0. The van der Waals surface area contributed by atoms with Crippen LogP contribution in [0.15, 0.2) is 42.5 Å². The van der Waals surface area contributed by atoms with Crippen LogP contribution in [0.3, 0.4) is 0 Å². The molecular weight excluding hydrogens is 360 g/mol. The van der Waals surface area contributed by atoms with Gasteiger partial charge in [-0.25, -0.2) is 0 Å². The van der Waals surface area contributed by atoms with Gasteiger partial charge in [-0.15, -0.1) is 0 Å². The zero-order valence-electron chi connectivity index (χ0n) is 17.5. The molecule has 0 fully saturated rings. The fourth-order valence-corrected chi connectivity index (χ4v) is 4.50. The summed E-state index contributed by atoms with van der Waals surface area (Å²) in [6, 6.07) is 14.9. The molecule has 1 aliphatic carbocycles. The van der Waals surface area contributed by atoms with Gasteiger partial charge in [0.25, 0.3) is 5.91 Å². The fourth-order valence-electron chi connectivity index (χ4n) is 4.50. The van der Waals surface area contributed by atoms with Gasteiger partial charge in [0.2, 0.25) is 0 Å². The minimum atomic E-state index is -0.427. The van der Waals surface area contributed by atoms with Gasteiger partial charge in [0.05, 0.1) is 0 Å². The van der Waals surface area contributed by atoms with Crippen molar-refractivity contribution in [3.63, 3.8) is 0 Å². The minimum Gasteiger partial charge on any atom is -0.481 e. The van der Waals surface area contributed by atoms with Gasteiger partial charge in [-0.1, -0.05) is 31.2 Å². The van der Waals surface area contributed by atoms with Crippen molar-refractivity contribution in [2.24, 2.45) is 0 Å². The quantitative estimate of drug-likeness (QED) is 0.682. The second-order valence-electron chi connectivity index (χ2n) is 8.16. The number of hydrogen-bond donors (Lipinski definition) is 1. The highest BCUT2D eigenvalue weighted by Crippen LogP contribution is 2.27. The van der Waals surface area contributed by atoms with E-state index < -0.39 is 6.10 Å². The molecule has 1 heterocycles. The Morgan fingerprint density at radius 1 is 1.07 bits per heavy atom. The van der Waals surface area contributed by atoms with Crippen molar-refractivity contribution in [1.82, 2.24) is 5.32 Å². The Labute approximate surface area is 174 Å². The van der Waals surface area contributed by atoms with Crippen LogP contribution >= 0.6 is 0 Å². The Balaban J connectivity index is 1.24. The minimum absolute atomic E-state index is 0.00737. The summed E-state index contributed by atoms with van der Waals surface area (Å²) in [6.07, 6.45) is 7.10. The largest absolute Gasteiger partial charge is 0.481 e. The summed E-state index contributed by atoms with van der Waals surface area (Å²) in [6.45, 7) is 4.73. The molecule has 29 heavy (non-hydrogen) atoms. The number of benzene rings is 2. The summed E-state index contributed by atoms with van der Waals surface area (Å²) in [7, 11) is 0. The average Bonchev–Trinajstić information content (AvgIpc) is 3.18. The number of hydrogen-bond acceptors (Lipinski definition) is 3. The molecule has 0 spiro atoms. The first kappa shape index (κ1) is 19.8. The van der Waals surface area contributed by atoms with E-state index >= 15 is 0 Å². The van der Waals surface area contributed by atoms with Crippen molar-refractivity contribution >= 4 is 11.6 Å². The summed E-state index contributed by atoms with van der Waals surface area (Å²) in [4.78, 5) is 15.0. The van der Waals surface area contributed by atoms with Crippen LogP contribution in [0.25, 0.3) is 0 Å². The van der Waals surface area contributed by atoms with Crippen molar-refractivity contribution in [2.45, 2.75) is 58.0 Å². The highest BCUT2D eigenvalue weighted by Gasteiger charge is 2.20. The number of aryl methyl sites for hydroxylation is 2. The first-order valence-electron chi connectivity index (χ1n) is 11.1. The van der Waals surface area contributed by atoms with Crippen molar-refractivity contribution in [2.75, 3.05) is 24.5 Å². The molecule has 4 nitrogen and oxygen atoms in total. The number of carbonyl (C=O) groups is 1. The second kappa shape index (κ2) is 9.34. The smallest absolute Gasteiger partial charge is 0.261 e. The van der Waals surface area contributed by atoms with E-state index in [1.165, 1.54) is 35.2 Å². The third-order valence-electron chi connectivity index (χ3n) is 6.15. The first-order chi connectivity index (χ1) is 14.2. The van der Waals surface area contributed by atoms with Gasteiger partial charge in [-0.3, -0.25) is 4.79 Å². The molecule has 1 atom stereocenters. The van der Waals surface area contributed by atoms with Gasteiger partial charge in [0.1, 0.15) is 5.75 Å². The van der Waals surface area contributed by atoms with Crippen LogP contribution < -0.4 is 15.0 Å². The van der Waals surface area contributed by atoms with Crippen LogP contribution in [-0.4, -0.2) is 31.6 Å². The van der Waals surface area contributed by atoms with Crippen LogP contribution in [0.5, 0.6) is 5.75 Å². The number of nitrogens with one attached hydrogen (secondary N) is 1.